The second-order valence-electron chi connectivity index (χ2n) is 5.87. The van der Waals surface area contributed by atoms with Gasteiger partial charge in [0.15, 0.2) is 0 Å². The van der Waals surface area contributed by atoms with E-state index in [1.54, 1.807) is 0 Å². The molecule has 0 radical (unpaired) electrons. The van der Waals surface area contributed by atoms with Crippen molar-refractivity contribution >= 4 is 21.6 Å². The zero-order valence-corrected chi connectivity index (χ0v) is 14.0. The summed E-state index contributed by atoms with van der Waals surface area (Å²) in [5.41, 5.74) is 3.19. The van der Waals surface area contributed by atoms with Crippen molar-refractivity contribution in [1.29, 1.82) is 0 Å². The summed E-state index contributed by atoms with van der Waals surface area (Å²) < 4.78 is 6.64. The Balaban J connectivity index is 2.53. The molecule has 0 spiro atoms. The van der Waals surface area contributed by atoms with Crippen LogP contribution in [0.25, 0.3) is 0 Å². The zero-order chi connectivity index (χ0) is 14.6. The number of anilines is 1. The van der Waals surface area contributed by atoms with E-state index in [1.807, 2.05) is 20.8 Å². The molecule has 0 saturated carbocycles. The minimum atomic E-state index is -0.512. The highest BCUT2D eigenvalue weighted by molar-refractivity contribution is 9.10. The van der Waals surface area contributed by atoms with Crippen LogP contribution >= 0.6 is 15.9 Å². The summed E-state index contributed by atoms with van der Waals surface area (Å²) in [6, 6.07) is 4.13. The number of rotatable bonds is 5. The lowest BCUT2D eigenvalue weighted by molar-refractivity contribution is -0.0449. The number of hydrogen-bond acceptors (Lipinski definition) is 3. The summed E-state index contributed by atoms with van der Waals surface area (Å²) in [7, 11) is 0. The van der Waals surface area contributed by atoms with Crippen molar-refractivity contribution in [2.24, 2.45) is 0 Å². The van der Waals surface area contributed by atoms with Gasteiger partial charge >= 0.3 is 0 Å². The van der Waals surface area contributed by atoms with Crippen LogP contribution < -0.4 is 5.32 Å². The van der Waals surface area contributed by atoms with E-state index in [1.165, 1.54) is 0 Å². The van der Waals surface area contributed by atoms with Crippen molar-refractivity contribution in [1.82, 2.24) is 0 Å². The largest absolute Gasteiger partial charge is 0.389 e. The minimum Gasteiger partial charge on any atom is -0.389 e. The molecule has 0 aliphatic carbocycles. The first-order chi connectivity index (χ1) is 8.69. The third-order valence-electron chi connectivity index (χ3n) is 2.72. The van der Waals surface area contributed by atoms with Crippen LogP contribution in [0.3, 0.4) is 0 Å². The highest BCUT2D eigenvalue weighted by atomic mass is 79.9. The number of nitrogens with one attached hydrogen (secondary N) is 1. The highest BCUT2D eigenvalue weighted by Gasteiger charge is 2.14. The summed E-state index contributed by atoms with van der Waals surface area (Å²) >= 11 is 3.48. The molecule has 1 rings (SSSR count). The van der Waals surface area contributed by atoms with Gasteiger partial charge in [0.05, 0.1) is 18.3 Å². The molecule has 1 atom stereocenters. The molecule has 0 aliphatic heterocycles. The van der Waals surface area contributed by atoms with Gasteiger partial charge < -0.3 is 15.2 Å². The number of aliphatic hydroxyl groups excluding tert-OH is 1. The van der Waals surface area contributed by atoms with Gasteiger partial charge in [0.25, 0.3) is 0 Å². The van der Waals surface area contributed by atoms with Crippen molar-refractivity contribution in [3.63, 3.8) is 0 Å². The molecule has 0 aromatic heterocycles. The van der Waals surface area contributed by atoms with Gasteiger partial charge in [-0.05, 0) is 57.9 Å². The number of ether oxygens (including phenoxy) is 1. The SMILES string of the molecule is Cc1cc(Br)cc(C)c1NCC(O)COC(C)(C)C. The average Bonchev–Trinajstić information content (AvgIpc) is 2.23. The van der Waals surface area contributed by atoms with E-state index in [-0.39, 0.29) is 5.60 Å². The van der Waals surface area contributed by atoms with Crippen LogP contribution in [0.1, 0.15) is 31.9 Å². The van der Waals surface area contributed by atoms with Crippen molar-refractivity contribution in [3.05, 3.63) is 27.7 Å². The van der Waals surface area contributed by atoms with Crippen LogP contribution in [0.15, 0.2) is 16.6 Å². The fourth-order valence-electron chi connectivity index (χ4n) is 1.81. The van der Waals surface area contributed by atoms with E-state index in [4.69, 9.17) is 4.74 Å². The Kier molecular flexibility index (Phi) is 5.83. The van der Waals surface area contributed by atoms with Crippen molar-refractivity contribution in [3.8, 4) is 0 Å². The first-order valence-corrected chi connectivity index (χ1v) is 7.31. The number of benzene rings is 1. The van der Waals surface area contributed by atoms with Crippen LogP contribution in [-0.4, -0.2) is 30.0 Å². The molecular weight excluding hydrogens is 306 g/mol. The monoisotopic (exact) mass is 329 g/mol. The smallest absolute Gasteiger partial charge is 0.0945 e. The molecule has 0 aliphatic rings. The second-order valence-corrected chi connectivity index (χ2v) is 6.79. The predicted molar refractivity (Wildman–Crippen MR) is 83.8 cm³/mol. The Morgan fingerprint density at radius 1 is 1.26 bits per heavy atom. The maximum Gasteiger partial charge on any atom is 0.0945 e. The standard InChI is InChI=1S/C15H24BrNO2/c1-10-6-12(16)7-11(2)14(10)17-8-13(18)9-19-15(3,4)5/h6-7,13,17-18H,8-9H2,1-5H3. The number of aryl methyl sites for hydroxylation is 2. The topological polar surface area (TPSA) is 41.5 Å². The Morgan fingerprint density at radius 2 is 1.79 bits per heavy atom. The van der Waals surface area contributed by atoms with Crippen LogP contribution in [0.5, 0.6) is 0 Å². The number of halogens is 1. The Morgan fingerprint density at radius 3 is 2.26 bits per heavy atom. The summed E-state index contributed by atoms with van der Waals surface area (Å²) in [4.78, 5) is 0. The first kappa shape index (κ1) is 16.5. The van der Waals surface area contributed by atoms with Gasteiger partial charge in [0, 0.05) is 16.7 Å². The lowest BCUT2D eigenvalue weighted by atomic mass is 10.1. The van der Waals surface area contributed by atoms with E-state index in [0.29, 0.717) is 13.2 Å². The third-order valence-corrected chi connectivity index (χ3v) is 3.18. The molecule has 4 heteroatoms. The van der Waals surface area contributed by atoms with Crippen LogP contribution in [0.2, 0.25) is 0 Å². The summed E-state index contributed by atoms with van der Waals surface area (Å²) in [6.07, 6.45) is -0.512. The van der Waals surface area contributed by atoms with Gasteiger partial charge in [-0.3, -0.25) is 0 Å². The Hall–Kier alpha value is -0.580. The molecule has 2 N–H and O–H groups in total. The molecule has 0 saturated heterocycles. The van der Waals surface area contributed by atoms with E-state index in [0.717, 1.165) is 21.3 Å². The van der Waals surface area contributed by atoms with Gasteiger partial charge in [-0.2, -0.15) is 0 Å². The van der Waals surface area contributed by atoms with Crippen molar-refractivity contribution in [2.75, 3.05) is 18.5 Å². The Bertz CT molecular complexity index is 404. The molecule has 3 nitrogen and oxygen atoms in total. The van der Waals surface area contributed by atoms with Gasteiger partial charge in [0.2, 0.25) is 0 Å². The van der Waals surface area contributed by atoms with E-state index >= 15 is 0 Å². The zero-order valence-electron chi connectivity index (χ0n) is 12.4. The molecule has 108 valence electrons. The molecule has 1 aromatic rings. The van der Waals surface area contributed by atoms with Crippen LogP contribution in [-0.2, 0) is 4.74 Å². The predicted octanol–water partition coefficient (Wildman–Crippen LogP) is 3.65. The van der Waals surface area contributed by atoms with Crippen LogP contribution in [0.4, 0.5) is 5.69 Å². The van der Waals surface area contributed by atoms with Crippen molar-refractivity contribution in [2.45, 2.75) is 46.3 Å². The third kappa shape index (κ3) is 5.93. The molecular formula is C15H24BrNO2. The molecule has 0 bridgehead atoms. The Labute approximate surface area is 124 Å². The minimum absolute atomic E-state index is 0.218. The quantitative estimate of drug-likeness (QED) is 0.866. The molecule has 19 heavy (non-hydrogen) atoms. The van der Waals surface area contributed by atoms with E-state index < -0.39 is 6.10 Å². The average molecular weight is 330 g/mol. The summed E-state index contributed by atoms with van der Waals surface area (Å²) in [6.45, 7) is 10.9. The maximum atomic E-state index is 9.91. The number of hydrogen-bond donors (Lipinski definition) is 2. The maximum absolute atomic E-state index is 9.91. The molecule has 0 amide bonds. The fourth-order valence-corrected chi connectivity index (χ4v) is 2.50. The molecule has 1 unspecified atom stereocenters. The fraction of sp³-hybridized carbons (Fsp3) is 0.600. The molecule has 0 heterocycles. The first-order valence-electron chi connectivity index (χ1n) is 6.51. The highest BCUT2D eigenvalue weighted by Crippen LogP contribution is 2.25. The summed E-state index contributed by atoms with van der Waals surface area (Å²) in [5.74, 6) is 0. The van der Waals surface area contributed by atoms with Gasteiger partial charge in [-0.1, -0.05) is 15.9 Å². The lowest BCUT2D eigenvalue weighted by Crippen LogP contribution is -2.30. The van der Waals surface area contributed by atoms with Gasteiger partial charge in [0.1, 0.15) is 0 Å². The van der Waals surface area contributed by atoms with E-state index in [9.17, 15) is 5.11 Å². The number of aliphatic hydroxyl groups is 1. The van der Waals surface area contributed by atoms with Gasteiger partial charge in [-0.25, -0.2) is 0 Å². The summed E-state index contributed by atoms with van der Waals surface area (Å²) in [5, 5.41) is 13.2. The lowest BCUT2D eigenvalue weighted by Gasteiger charge is -2.23. The normalized spacial score (nSPS) is 13.4. The second kappa shape index (κ2) is 6.73. The van der Waals surface area contributed by atoms with E-state index in [2.05, 4.69) is 47.2 Å². The van der Waals surface area contributed by atoms with Crippen LogP contribution in [0, 0.1) is 13.8 Å². The molecule has 0 fully saturated rings. The van der Waals surface area contributed by atoms with Gasteiger partial charge in [-0.15, -0.1) is 0 Å². The van der Waals surface area contributed by atoms with Crippen molar-refractivity contribution < 1.29 is 9.84 Å². The molecule has 1 aromatic carbocycles.